The average Bonchev–Trinajstić information content (AvgIpc) is 2.69. The van der Waals surface area contributed by atoms with Gasteiger partial charge in [-0.05, 0) is 41.5 Å². The minimum atomic E-state index is -3.12. The second-order valence-electron chi connectivity index (χ2n) is 6.47. The number of carbonyl (C=O) groups is 3. The summed E-state index contributed by atoms with van der Waals surface area (Å²) >= 11 is 0. The van der Waals surface area contributed by atoms with Crippen molar-refractivity contribution in [1.29, 1.82) is 0 Å². The molecule has 2 aromatic rings. The van der Waals surface area contributed by atoms with Gasteiger partial charge in [0.05, 0.1) is 0 Å². The van der Waals surface area contributed by atoms with Crippen molar-refractivity contribution < 1.29 is 54.9 Å². The van der Waals surface area contributed by atoms with E-state index in [1.807, 2.05) is 0 Å². The number of carbonyl (C=O) groups excluding carboxylic acids is 1. The summed E-state index contributed by atoms with van der Waals surface area (Å²) in [6.45, 7) is 0. The summed E-state index contributed by atoms with van der Waals surface area (Å²) in [5.41, 5.74) is -2.94. The Balaban J connectivity index is 2.27. The number of benzene rings is 2. The summed E-state index contributed by atoms with van der Waals surface area (Å²) in [7, 11) is 0. The highest BCUT2D eigenvalue weighted by Crippen LogP contribution is 2.29. The van der Waals surface area contributed by atoms with Crippen LogP contribution in [0.15, 0.2) is 42.5 Å². The van der Waals surface area contributed by atoms with Gasteiger partial charge in [-0.3, -0.25) is 0 Å². The molecule has 0 amide bonds. The molecule has 0 spiro atoms. The van der Waals surface area contributed by atoms with Crippen LogP contribution in [-0.2, 0) is 25.5 Å². The van der Waals surface area contributed by atoms with Crippen LogP contribution in [-0.4, -0.2) is 65.4 Å². The Labute approximate surface area is 174 Å². The lowest BCUT2D eigenvalue weighted by molar-refractivity contribution is -0.192. The van der Waals surface area contributed by atoms with Gasteiger partial charge in [0.2, 0.25) is 11.7 Å². The summed E-state index contributed by atoms with van der Waals surface area (Å²) in [5.74, 6) is -7.30. The van der Waals surface area contributed by atoms with E-state index in [4.69, 9.17) is 0 Å². The number of phenolic OH excluding ortho intramolecular Hbond substituents is 4. The van der Waals surface area contributed by atoms with Gasteiger partial charge in [-0.15, -0.1) is 0 Å². The predicted molar refractivity (Wildman–Crippen MR) is 102 cm³/mol. The molecule has 11 nitrogen and oxygen atoms in total. The maximum atomic E-state index is 12.0. The van der Waals surface area contributed by atoms with Crippen molar-refractivity contribution in [2.24, 2.45) is 0 Å². The quantitative estimate of drug-likeness (QED) is 0.174. The van der Waals surface area contributed by atoms with Crippen LogP contribution < -0.4 is 0 Å². The van der Waals surface area contributed by atoms with Crippen molar-refractivity contribution >= 4 is 24.0 Å². The third kappa shape index (κ3) is 5.42. The number of aromatic hydroxyl groups is 4. The Kier molecular flexibility index (Phi) is 6.72. The maximum Gasteiger partial charge on any atom is 0.348 e. The van der Waals surface area contributed by atoms with E-state index in [0.29, 0.717) is 0 Å². The number of phenols is 4. The smallest absolute Gasteiger partial charge is 0.348 e. The molecule has 0 saturated carbocycles. The largest absolute Gasteiger partial charge is 0.504 e. The number of rotatable bonds is 8. The second kappa shape index (κ2) is 9.05. The van der Waals surface area contributed by atoms with Gasteiger partial charge in [0.1, 0.15) is 0 Å². The second-order valence-corrected chi connectivity index (χ2v) is 6.47. The standard InChI is InChI=1S/C20H18O11/c21-12-4-1-10(7-14(12)23)3-6-16(25)31-17(18(26)27)20(30,19(28)29)9-11-2-5-13(22)15(24)8-11/h1-8,17,21-24,30H,9H2,(H,26,27)(H,28,29). The van der Waals surface area contributed by atoms with E-state index in [-0.39, 0.29) is 11.1 Å². The molecule has 0 bridgehead atoms. The molecule has 2 atom stereocenters. The number of hydrogen-bond acceptors (Lipinski definition) is 9. The number of aliphatic carboxylic acids is 2. The number of esters is 1. The molecule has 0 aliphatic heterocycles. The molecule has 2 unspecified atom stereocenters. The lowest BCUT2D eigenvalue weighted by Crippen LogP contribution is -2.56. The lowest BCUT2D eigenvalue weighted by Gasteiger charge is -2.29. The van der Waals surface area contributed by atoms with Gasteiger partial charge >= 0.3 is 17.9 Å². The highest BCUT2D eigenvalue weighted by atomic mass is 16.6. The Bertz CT molecular complexity index is 1040. The van der Waals surface area contributed by atoms with Crippen LogP contribution in [0.5, 0.6) is 23.0 Å². The number of ether oxygens (including phenoxy) is 1. The number of hydrogen-bond donors (Lipinski definition) is 7. The van der Waals surface area contributed by atoms with Crippen molar-refractivity contribution in [2.45, 2.75) is 18.1 Å². The first-order chi connectivity index (χ1) is 14.4. The van der Waals surface area contributed by atoms with E-state index in [0.717, 1.165) is 42.5 Å². The average molecular weight is 434 g/mol. The van der Waals surface area contributed by atoms with E-state index in [1.54, 1.807) is 0 Å². The summed E-state index contributed by atoms with van der Waals surface area (Å²) < 4.78 is 4.66. The van der Waals surface area contributed by atoms with Crippen LogP contribution in [0.4, 0.5) is 0 Å². The van der Waals surface area contributed by atoms with Crippen molar-refractivity contribution in [3.63, 3.8) is 0 Å². The van der Waals surface area contributed by atoms with Gasteiger partial charge in [-0.25, -0.2) is 14.4 Å². The summed E-state index contributed by atoms with van der Waals surface area (Å²) in [6.07, 6.45) is -1.59. The fraction of sp³-hybridized carbons (Fsp3) is 0.150. The zero-order valence-electron chi connectivity index (χ0n) is 15.7. The Hall–Kier alpha value is -4.25. The molecule has 7 N–H and O–H groups in total. The molecule has 0 fully saturated rings. The normalized spacial score (nSPS) is 14.0. The zero-order chi connectivity index (χ0) is 23.3. The van der Waals surface area contributed by atoms with Crippen LogP contribution in [0, 0.1) is 0 Å². The first-order valence-electron chi connectivity index (χ1n) is 8.54. The molecular weight excluding hydrogens is 416 g/mol. The van der Waals surface area contributed by atoms with Crippen molar-refractivity contribution in [3.05, 3.63) is 53.6 Å². The maximum absolute atomic E-state index is 12.0. The van der Waals surface area contributed by atoms with Gasteiger partial charge in [-0.2, -0.15) is 0 Å². The first-order valence-corrected chi connectivity index (χ1v) is 8.54. The molecular formula is C20H18O11. The third-order valence-electron chi connectivity index (χ3n) is 4.19. The Morgan fingerprint density at radius 1 is 0.903 bits per heavy atom. The fourth-order valence-electron chi connectivity index (χ4n) is 2.59. The van der Waals surface area contributed by atoms with Crippen molar-refractivity contribution in [2.75, 3.05) is 0 Å². The molecule has 11 heteroatoms. The molecule has 0 aliphatic carbocycles. The van der Waals surface area contributed by atoms with Crippen LogP contribution >= 0.6 is 0 Å². The molecule has 0 saturated heterocycles. The first kappa shape index (κ1) is 23.0. The molecule has 0 aromatic heterocycles. The molecule has 31 heavy (non-hydrogen) atoms. The number of carboxylic acids is 2. The minimum absolute atomic E-state index is 0.0578. The Morgan fingerprint density at radius 3 is 2.00 bits per heavy atom. The summed E-state index contributed by atoms with van der Waals surface area (Å²) in [6, 6.07) is 6.61. The Morgan fingerprint density at radius 2 is 1.48 bits per heavy atom. The van der Waals surface area contributed by atoms with E-state index < -0.39 is 59.0 Å². The zero-order valence-corrected chi connectivity index (χ0v) is 15.7. The topological polar surface area (TPSA) is 202 Å². The van der Waals surface area contributed by atoms with E-state index in [1.165, 1.54) is 6.07 Å². The molecule has 164 valence electrons. The predicted octanol–water partition coefficient (Wildman–Crippen LogP) is 0.577. The lowest BCUT2D eigenvalue weighted by atomic mass is 9.88. The van der Waals surface area contributed by atoms with Gasteiger partial charge in [-0.1, -0.05) is 12.1 Å². The summed E-state index contributed by atoms with van der Waals surface area (Å²) in [5, 5.41) is 66.9. The SMILES string of the molecule is O=C(C=Cc1ccc(O)c(O)c1)OC(C(=O)O)C(O)(Cc1ccc(O)c(O)c1)C(=O)O. The number of carboxylic acid groups (broad SMARTS) is 2. The van der Waals surface area contributed by atoms with Crippen LogP contribution in [0.2, 0.25) is 0 Å². The van der Waals surface area contributed by atoms with Crippen LogP contribution in [0.3, 0.4) is 0 Å². The minimum Gasteiger partial charge on any atom is -0.504 e. The van der Waals surface area contributed by atoms with Gasteiger partial charge in [0.15, 0.2) is 23.0 Å². The highest BCUT2D eigenvalue weighted by molar-refractivity contribution is 5.93. The fourth-order valence-corrected chi connectivity index (χ4v) is 2.59. The van der Waals surface area contributed by atoms with Crippen molar-refractivity contribution in [1.82, 2.24) is 0 Å². The molecule has 2 aromatic carbocycles. The molecule has 2 rings (SSSR count). The van der Waals surface area contributed by atoms with E-state index in [2.05, 4.69) is 4.74 Å². The monoisotopic (exact) mass is 434 g/mol. The van der Waals surface area contributed by atoms with Crippen LogP contribution in [0.1, 0.15) is 11.1 Å². The van der Waals surface area contributed by atoms with Gasteiger partial charge in [0.25, 0.3) is 0 Å². The van der Waals surface area contributed by atoms with Gasteiger partial charge < -0.3 is 40.5 Å². The molecule has 0 aliphatic rings. The van der Waals surface area contributed by atoms with E-state index in [9.17, 15) is 50.1 Å². The molecule has 0 heterocycles. The van der Waals surface area contributed by atoms with Crippen molar-refractivity contribution in [3.8, 4) is 23.0 Å². The van der Waals surface area contributed by atoms with Gasteiger partial charge in [0, 0.05) is 12.5 Å². The molecule has 0 radical (unpaired) electrons. The third-order valence-corrected chi connectivity index (χ3v) is 4.19. The highest BCUT2D eigenvalue weighted by Gasteiger charge is 2.51. The van der Waals surface area contributed by atoms with Crippen LogP contribution in [0.25, 0.3) is 6.08 Å². The number of aliphatic hydroxyl groups is 1. The summed E-state index contributed by atoms with van der Waals surface area (Å²) in [4.78, 5) is 35.3. The van der Waals surface area contributed by atoms with E-state index >= 15 is 0 Å².